The van der Waals surface area contributed by atoms with Crippen LogP contribution in [-0.4, -0.2) is 46.4 Å². The van der Waals surface area contributed by atoms with Crippen molar-refractivity contribution < 1.29 is 19.5 Å². The molecule has 0 saturated heterocycles. The highest BCUT2D eigenvalue weighted by Gasteiger charge is 2.14. The number of likely N-dealkylation sites (N-methyl/N-ethyl adjacent to an activating group) is 1. The Balaban J connectivity index is 2.46. The molecule has 1 rings (SSSR count). The molecule has 0 aliphatic carbocycles. The molecule has 0 fully saturated rings. The normalized spacial score (nSPS) is 10.5. The number of nitrogens with one attached hydrogen (secondary N) is 1. The van der Waals surface area contributed by atoms with Crippen molar-refractivity contribution in [3.05, 3.63) is 11.1 Å². The van der Waals surface area contributed by atoms with Crippen LogP contribution in [0.25, 0.3) is 0 Å². The highest BCUT2D eigenvalue weighted by atomic mass is 32.1. The number of thiazole rings is 1. The predicted octanol–water partition coefficient (Wildman–Crippen LogP) is 1.60. The van der Waals surface area contributed by atoms with E-state index in [0.717, 1.165) is 0 Å². The predicted molar refractivity (Wildman–Crippen MR) is 83.8 cm³/mol. The van der Waals surface area contributed by atoms with Gasteiger partial charge in [0.2, 0.25) is 11.8 Å². The number of anilines is 1. The molecular weight excluding hydrogens is 306 g/mol. The third-order valence-corrected chi connectivity index (χ3v) is 3.76. The van der Waals surface area contributed by atoms with E-state index in [1.54, 1.807) is 26.3 Å². The van der Waals surface area contributed by atoms with Crippen molar-refractivity contribution >= 4 is 34.3 Å². The lowest BCUT2D eigenvalue weighted by Gasteiger charge is -2.15. The van der Waals surface area contributed by atoms with Crippen LogP contribution in [0.1, 0.15) is 32.4 Å². The zero-order chi connectivity index (χ0) is 16.7. The van der Waals surface area contributed by atoms with Gasteiger partial charge in [-0.05, 0) is 6.42 Å². The summed E-state index contributed by atoms with van der Waals surface area (Å²) in [5.74, 6) is -1.24. The third kappa shape index (κ3) is 6.21. The van der Waals surface area contributed by atoms with E-state index in [1.165, 1.54) is 16.2 Å². The lowest BCUT2D eigenvalue weighted by molar-refractivity contribution is -0.138. The number of carbonyl (C=O) groups is 3. The fourth-order valence-electron chi connectivity index (χ4n) is 1.58. The van der Waals surface area contributed by atoms with Crippen molar-refractivity contribution in [1.29, 1.82) is 0 Å². The summed E-state index contributed by atoms with van der Waals surface area (Å²) in [4.78, 5) is 39.7. The number of carbonyl (C=O) groups excluding carboxylic acids is 2. The molecule has 0 aromatic carbocycles. The minimum Gasteiger partial charge on any atom is -0.481 e. The molecule has 2 N–H and O–H groups in total. The van der Waals surface area contributed by atoms with Gasteiger partial charge in [-0.15, -0.1) is 11.3 Å². The van der Waals surface area contributed by atoms with Crippen LogP contribution in [0.15, 0.2) is 5.38 Å². The molecule has 1 aromatic rings. The molecule has 0 unspecified atom stereocenters. The lowest BCUT2D eigenvalue weighted by atomic mass is 10.2. The highest BCUT2D eigenvalue weighted by molar-refractivity contribution is 7.13. The maximum Gasteiger partial charge on any atom is 0.303 e. The zero-order valence-electron chi connectivity index (χ0n) is 13.0. The number of aliphatic carboxylic acids is 1. The zero-order valence-corrected chi connectivity index (χ0v) is 13.8. The first kappa shape index (κ1) is 18.1. The second kappa shape index (κ2) is 8.47. The Morgan fingerprint density at radius 1 is 1.41 bits per heavy atom. The maximum absolute atomic E-state index is 12.0. The minimum atomic E-state index is -0.870. The van der Waals surface area contributed by atoms with Gasteiger partial charge in [0.25, 0.3) is 0 Å². The average Bonchev–Trinajstić information content (AvgIpc) is 2.85. The van der Waals surface area contributed by atoms with Crippen molar-refractivity contribution in [1.82, 2.24) is 9.88 Å². The van der Waals surface area contributed by atoms with Crippen molar-refractivity contribution in [2.75, 3.05) is 18.9 Å². The summed E-state index contributed by atoms with van der Waals surface area (Å²) in [5, 5.41) is 13.5. The molecule has 0 saturated carbocycles. The van der Waals surface area contributed by atoms with E-state index in [9.17, 15) is 14.4 Å². The number of nitrogens with zero attached hydrogens (tertiary/aromatic N) is 2. The molecule has 0 aliphatic rings. The van der Waals surface area contributed by atoms with Gasteiger partial charge in [0.1, 0.15) is 0 Å². The van der Waals surface area contributed by atoms with Crippen LogP contribution in [0.2, 0.25) is 0 Å². The summed E-state index contributed by atoms with van der Waals surface area (Å²) in [6, 6.07) is 0. The Morgan fingerprint density at radius 2 is 2.09 bits per heavy atom. The summed E-state index contributed by atoms with van der Waals surface area (Å²) >= 11 is 1.28. The molecule has 2 amide bonds. The third-order valence-electron chi connectivity index (χ3n) is 2.95. The molecule has 0 radical (unpaired) electrons. The Morgan fingerprint density at radius 3 is 2.68 bits per heavy atom. The Hall–Kier alpha value is -1.96. The van der Waals surface area contributed by atoms with E-state index in [0.29, 0.717) is 23.8 Å². The highest BCUT2D eigenvalue weighted by Crippen LogP contribution is 2.17. The number of hydrogen-bond acceptors (Lipinski definition) is 5. The molecule has 0 bridgehead atoms. The van der Waals surface area contributed by atoms with Gasteiger partial charge >= 0.3 is 5.97 Å². The monoisotopic (exact) mass is 327 g/mol. The summed E-state index contributed by atoms with van der Waals surface area (Å²) in [7, 11) is 1.64. The number of amides is 2. The van der Waals surface area contributed by atoms with Crippen LogP contribution in [0, 0.1) is 5.92 Å². The largest absolute Gasteiger partial charge is 0.481 e. The van der Waals surface area contributed by atoms with Crippen molar-refractivity contribution in [2.45, 2.75) is 33.1 Å². The summed E-state index contributed by atoms with van der Waals surface area (Å²) in [5.41, 5.74) is 0.596. The van der Waals surface area contributed by atoms with Crippen molar-refractivity contribution in [3.8, 4) is 0 Å². The molecule has 0 spiro atoms. The molecule has 8 heteroatoms. The van der Waals surface area contributed by atoms with E-state index in [-0.39, 0.29) is 30.6 Å². The van der Waals surface area contributed by atoms with Gasteiger partial charge in [-0.2, -0.15) is 0 Å². The van der Waals surface area contributed by atoms with Gasteiger partial charge in [-0.25, -0.2) is 4.98 Å². The smallest absolute Gasteiger partial charge is 0.303 e. The molecular formula is C14H21N3O4S. The molecule has 122 valence electrons. The van der Waals surface area contributed by atoms with Crippen LogP contribution in [0.5, 0.6) is 0 Å². The Bertz CT molecular complexity index is 542. The quantitative estimate of drug-likeness (QED) is 0.755. The Labute approximate surface area is 133 Å². The molecule has 1 heterocycles. The van der Waals surface area contributed by atoms with E-state index >= 15 is 0 Å². The molecule has 22 heavy (non-hydrogen) atoms. The van der Waals surface area contributed by atoms with Crippen LogP contribution in [-0.2, 0) is 20.8 Å². The number of aromatic nitrogens is 1. The van der Waals surface area contributed by atoms with Gasteiger partial charge in [0.05, 0.1) is 12.1 Å². The van der Waals surface area contributed by atoms with Crippen molar-refractivity contribution in [3.63, 3.8) is 0 Å². The first-order valence-corrected chi connectivity index (χ1v) is 7.88. The SMILES string of the molecule is CC(C)C(=O)Nc1nc(CC(=O)N(C)CCCC(=O)O)cs1. The van der Waals surface area contributed by atoms with Gasteiger partial charge in [0.15, 0.2) is 5.13 Å². The van der Waals surface area contributed by atoms with Crippen LogP contribution in [0.3, 0.4) is 0 Å². The molecule has 0 atom stereocenters. The lowest BCUT2D eigenvalue weighted by Crippen LogP contribution is -2.29. The molecule has 1 aromatic heterocycles. The van der Waals surface area contributed by atoms with Gasteiger partial charge in [0, 0.05) is 31.3 Å². The second-order valence-corrected chi connectivity index (χ2v) is 6.14. The van der Waals surface area contributed by atoms with E-state index in [2.05, 4.69) is 10.3 Å². The maximum atomic E-state index is 12.0. The first-order valence-electron chi connectivity index (χ1n) is 7.00. The molecule has 7 nitrogen and oxygen atoms in total. The van der Waals surface area contributed by atoms with Crippen molar-refractivity contribution in [2.24, 2.45) is 5.92 Å². The van der Waals surface area contributed by atoms with Gasteiger partial charge in [-0.3, -0.25) is 14.4 Å². The van der Waals surface area contributed by atoms with E-state index < -0.39 is 5.97 Å². The number of hydrogen-bond donors (Lipinski definition) is 2. The number of carboxylic acid groups (broad SMARTS) is 1. The molecule has 0 aliphatic heterocycles. The van der Waals surface area contributed by atoms with Gasteiger partial charge < -0.3 is 15.3 Å². The fraction of sp³-hybridized carbons (Fsp3) is 0.571. The van der Waals surface area contributed by atoms with E-state index in [4.69, 9.17) is 5.11 Å². The van der Waals surface area contributed by atoms with E-state index in [1.807, 2.05) is 0 Å². The number of rotatable bonds is 8. The topological polar surface area (TPSA) is 99.6 Å². The summed E-state index contributed by atoms with van der Waals surface area (Å²) in [6.45, 7) is 3.98. The van der Waals surface area contributed by atoms with Crippen LogP contribution < -0.4 is 5.32 Å². The number of carboxylic acids is 1. The van der Waals surface area contributed by atoms with Crippen LogP contribution in [0.4, 0.5) is 5.13 Å². The fourth-order valence-corrected chi connectivity index (χ4v) is 2.29. The van der Waals surface area contributed by atoms with Gasteiger partial charge in [-0.1, -0.05) is 13.8 Å². The summed E-state index contributed by atoms with van der Waals surface area (Å²) in [6.07, 6.45) is 0.599. The standard InChI is InChI=1S/C14H21N3O4S/c1-9(2)13(21)16-14-15-10(8-22-14)7-11(18)17(3)6-4-5-12(19)20/h8-9H,4-7H2,1-3H3,(H,19,20)(H,15,16,21). The van der Waals surface area contributed by atoms with Crippen LogP contribution >= 0.6 is 11.3 Å². The minimum absolute atomic E-state index is 0.0414. The summed E-state index contributed by atoms with van der Waals surface area (Å²) < 4.78 is 0. The Kier molecular flexibility index (Phi) is 6.97. The second-order valence-electron chi connectivity index (χ2n) is 5.28. The first-order chi connectivity index (χ1) is 10.3. The average molecular weight is 327 g/mol.